The number of sulfonamides is 1. The molecular formula is C25H35N5O4S. The first-order chi connectivity index (χ1) is 17.0. The van der Waals surface area contributed by atoms with Gasteiger partial charge in [0.25, 0.3) is 0 Å². The first-order valence-electron chi connectivity index (χ1n) is 12.8. The van der Waals surface area contributed by atoms with E-state index in [1.165, 1.54) is 38.5 Å². The number of pyridine rings is 1. The average molecular weight is 502 g/mol. The van der Waals surface area contributed by atoms with Crippen LogP contribution in [0.4, 0.5) is 0 Å². The zero-order valence-electron chi connectivity index (χ0n) is 20.2. The van der Waals surface area contributed by atoms with Crippen molar-refractivity contribution in [2.45, 2.75) is 44.9 Å². The quantitative estimate of drug-likeness (QED) is 0.436. The summed E-state index contributed by atoms with van der Waals surface area (Å²) in [5.41, 5.74) is 1.62. The molecule has 0 radical (unpaired) electrons. The lowest BCUT2D eigenvalue weighted by Gasteiger charge is -2.35. The van der Waals surface area contributed by atoms with E-state index in [0.29, 0.717) is 43.0 Å². The fourth-order valence-electron chi connectivity index (χ4n) is 5.33. The summed E-state index contributed by atoms with van der Waals surface area (Å²) >= 11 is 0. The third-order valence-electron chi connectivity index (χ3n) is 7.38. The van der Waals surface area contributed by atoms with Crippen LogP contribution < -0.4 is 10.4 Å². The van der Waals surface area contributed by atoms with Gasteiger partial charge in [0.05, 0.1) is 23.4 Å². The molecule has 3 aromatic rings. The van der Waals surface area contributed by atoms with Crippen molar-refractivity contribution in [1.29, 1.82) is 0 Å². The maximum atomic E-state index is 12.8. The summed E-state index contributed by atoms with van der Waals surface area (Å²) in [6, 6.07) is 7.35. The SMILES string of the molecule is O=c1[nH]c2cc3cc(OCCCS(=O)(=O)N4CCN(CCC5CCCCC5)CC4)ccc3nc2[nH]1. The second-order valence-electron chi connectivity index (χ2n) is 9.87. The van der Waals surface area contributed by atoms with Gasteiger partial charge in [0.2, 0.25) is 10.0 Å². The zero-order chi connectivity index (χ0) is 24.3. The number of nitrogens with zero attached hydrogens (tertiary/aromatic N) is 3. The molecule has 1 aliphatic carbocycles. The Morgan fingerprint density at radius 1 is 1.03 bits per heavy atom. The van der Waals surface area contributed by atoms with Crippen LogP contribution >= 0.6 is 0 Å². The fourth-order valence-corrected chi connectivity index (χ4v) is 6.79. The molecule has 2 N–H and O–H groups in total. The number of H-pyrrole nitrogens is 2. The highest BCUT2D eigenvalue weighted by Crippen LogP contribution is 2.27. The summed E-state index contributed by atoms with van der Waals surface area (Å²) in [6.07, 6.45) is 8.55. The minimum absolute atomic E-state index is 0.0927. The van der Waals surface area contributed by atoms with Crippen LogP contribution in [-0.4, -0.2) is 77.7 Å². The lowest BCUT2D eigenvalue weighted by atomic mass is 9.87. The lowest BCUT2D eigenvalue weighted by Crippen LogP contribution is -2.49. The molecule has 0 atom stereocenters. The lowest BCUT2D eigenvalue weighted by molar-refractivity contribution is 0.171. The Balaban J connectivity index is 1.06. The Morgan fingerprint density at radius 2 is 1.83 bits per heavy atom. The number of ether oxygens (including phenoxy) is 1. The van der Waals surface area contributed by atoms with E-state index in [-0.39, 0.29) is 11.4 Å². The highest BCUT2D eigenvalue weighted by Gasteiger charge is 2.27. The largest absolute Gasteiger partial charge is 0.494 e. The van der Waals surface area contributed by atoms with Crippen LogP contribution in [0, 0.1) is 5.92 Å². The molecule has 5 rings (SSSR count). The molecule has 35 heavy (non-hydrogen) atoms. The van der Waals surface area contributed by atoms with E-state index < -0.39 is 10.0 Å². The molecule has 1 saturated carbocycles. The van der Waals surface area contributed by atoms with Gasteiger partial charge in [-0.05, 0) is 49.6 Å². The molecular weight excluding hydrogens is 466 g/mol. The Bertz CT molecular complexity index is 1300. The molecule has 10 heteroatoms. The predicted octanol–water partition coefficient (Wildman–Crippen LogP) is 3.09. The van der Waals surface area contributed by atoms with Gasteiger partial charge in [0.1, 0.15) is 5.75 Å². The standard InChI is InChI=1S/C25H35N5O4S/c31-25-27-23-18-20-17-21(7-8-22(20)26-24(23)28-25)34-15-4-16-35(32,33)30-13-11-29(12-14-30)10-9-19-5-2-1-3-6-19/h7-8,17-19H,1-6,9-16H2,(H2,26,27,28,31). The summed E-state index contributed by atoms with van der Waals surface area (Å²) in [7, 11) is -3.27. The van der Waals surface area contributed by atoms with Gasteiger partial charge >= 0.3 is 5.69 Å². The number of hydrogen-bond acceptors (Lipinski definition) is 6. The van der Waals surface area contributed by atoms with Crippen molar-refractivity contribution in [2.24, 2.45) is 5.92 Å². The number of benzene rings is 1. The Hall–Kier alpha value is -2.43. The molecule has 1 aliphatic heterocycles. The van der Waals surface area contributed by atoms with Crippen molar-refractivity contribution >= 4 is 32.1 Å². The Morgan fingerprint density at radius 3 is 2.63 bits per heavy atom. The topological polar surface area (TPSA) is 111 Å². The van der Waals surface area contributed by atoms with E-state index in [9.17, 15) is 13.2 Å². The van der Waals surface area contributed by atoms with Gasteiger partial charge in [-0.15, -0.1) is 0 Å². The summed E-state index contributed by atoms with van der Waals surface area (Å²) in [4.78, 5) is 23.7. The molecule has 2 aromatic heterocycles. The van der Waals surface area contributed by atoms with E-state index in [1.807, 2.05) is 24.3 Å². The van der Waals surface area contributed by atoms with Gasteiger partial charge in [-0.3, -0.25) is 4.98 Å². The number of nitrogens with one attached hydrogen (secondary N) is 2. The summed E-state index contributed by atoms with van der Waals surface area (Å²) in [5.74, 6) is 1.61. The molecule has 190 valence electrons. The molecule has 1 aromatic carbocycles. The number of hydrogen-bond donors (Lipinski definition) is 2. The van der Waals surface area contributed by atoms with E-state index >= 15 is 0 Å². The van der Waals surface area contributed by atoms with Gasteiger partial charge in [-0.25, -0.2) is 18.2 Å². The average Bonchev–Trinajstić information content (AvgIpc) is 3.23. The van der Waals surface area contributed by atoms with Crippen LogP contribution in [0.1, 0.15) is 44.9 Å². The highest BCUT2D eigenvalue weighted by atomic mass is 32.2. The van der Waals surface area contributed by atoms with Gasteiger partial charge in [-0.2, -0.15) is 4.31 Å². The van der Waals surface area contributed by atoms with E-state index in [0.717, 1.165) is 36.5 Å². The maximum Gasteiger partial charge on any atom is 0.325 e. The van der Waals surface area contributed by atoms with Crippen molar-refractivity contribution in [1.82, 2.24) is 24.2 Å². The number of imidazole rings is 1. The van der Waals surface area contributed by atoms with Crippen LogP contribution in [0.3, 0.4) is 0 Å². The van der Waals surface area contributed by atoms with Crippen LogP contribution in [-0.2, 0) is 10.0 Å². The minimum atomic E-state index is -3.27. The maximum absolute atomic E-state index is 12.8. The fraction of sp³-hybridized carbons (Fsp3) is 0.600. The van der Waals surface area contributed by atoms with E-state index in [4.69, 9.17) is 4.74 Å². The second kappa shape index (κ2) is 10.7. The van der Waals surface area contributed by atoms with Crippen LogP contribution in [0.5, 0.6) is 5.75 Å². The third-order valence-corrected chi connectivity index (χ3v) is 9.34. The van der Waals surface area contributed by atoms with Gasteiger partial charge < -0.3 is 14.6 Å². The normalized spacial score (nSPS) is 19.0. The second-order valence-corrected chi connectivity index (χ2v) is 12.0. The van der Waals surface area contributed by atoms with E-state index in [2.05, 4.69) is 19.9 Å². The number of piperazine rings is 1. The molecule has 2 aliphatic rings. The van der Waals surface area contributed by atoms with E-state index in [1.54, 1.807) is 4.31 Å². The number of fused-ring (bicyclic) bond motifs is 2. The summed E-state index contributed by atoms with van der Waals surface area (Å²) < 4.78 is 33.1. The monoisotopic (exact) mass is 501 g/mol. The Kier molecular flexibility index (Phi) is 7.40. The first kappa shape index (κ1) is 24.3. The first-order valence-corrected chi connectivity index (χ1v) is 14.4. The number of aromatic amines is 2. The van der Waals surface area contributed by atoms with Crippen molar-refractivity contribution < 1.29 is 13.2 Å². The van der Waals surface area contributed by atoms with Crippen LogP contribution in [0.2, 0.25) is 0 Å². The molecule has 3 heterocycles. The predicted molar refractivity (Wildman–Crippen MR) is 137 cm³/mol. The zero-order valence-corrected chi connectivity index (χ0v) is 21.0. The molecule has 0 spiro atoms. The van der Waals surface area contributed by atoms with Crippen molar-refractivity contribution in [3.63, 3.8) is 0 Å². The smallest absolute Gasteiger partial charge is 0.325 e. The molecule has 0 unspecified atom stereocenters. The summed E-state index contributed by atoms with van der Waals surface area (Å²) in [5, 5.41) is 0.847. The van der Waals surface area contributed by atoms with Gasteiger partial charge in [-0.1, -0.05) is 32.1 Å². The number of rotatable bonds is 9. The van der Waals surface area contributed by atoms with Crippen LogP contribution in [0.15, 0.2) is 29.1 Å². The summed E-state index contributed by atoms with van der Waals surface area (Å²) in [6.45, 7) is 4.24. The molecule has 9 nitrogen and oxygen atoms in total. The molecule has 0 bridgehead atoms. The highest BCUT2D eigenvalue weighted by molar-refractivity contribution is 7.89. The van der Waals surface area contributed by atoms with Crippen molar-refractivity contribution in [3.8, 4) is 5.75 Å². The van der Waals surface area contributed by atoms with Crippen molar-refractivity contribution in [3.05, 3.63) is 34.7 Å². The van der Waals surface area contributed by atoms with Gasteiger partial charge in [0, 0.05) is 31.6 Å². The molecule has 2 fully saturated rings. The number of aromatic nitrogens is 3. The molecule has 0 amide bonds. The Labute approximate surface area is 205 Å². The minimum Gasteiger partial charge on any atom is -0.494 e. The third kappa shape index (κ3) is 6.05. The van der Waals surface area contributed by atoms with Crippen molar-refractivity contribution in [2.75, 3.05) is 45.1 Å². The van der Waals surface area contributed by atoms with Gasteiger partial charge in [0.15, 0.2) is 5.65 Å². The molecule has 1 saturated heterocycles. The van der Waals surface area contributed by atoms with Crippen LogP contribution in [0.25, 0.3) is 22.1 Å².